The number of rotatable bonds is 4. The Balaban J connectivity index is 1.26. The molecule has 0 saturated carbocycles. The molecule has 0 aliphatic rings. The van der Waals surface area contributed by atoms with Crippen LogP contribution in [0.4, 0.5) is 0 Å². The maximum atomic E-state index is 2.50. The lowest BCUT2D eigenvalue weighted by atomic mass is 9.93. The van der Waals surface area contributed by atoms with Crippen LogP contribution in [0.5, 0.6) is 0 Å². The van der Waals surface area contributed by atoms with Crippen molar-refractivity contribution in [2.24, 2.45) is 0 Å². The summed E-state index contributed by atoms with van der Waals surface area (Å²) in [5.41, 5.74) is 11.2. The summed E-state index contributed by atoms with van der Waals surface area (Å²) in [4.78, 5) is 0. The van der Waals surface area contributed by atoms with E-state index in [1.54, 1.807) is 0 Å². The molecule has 0 amide bonds. The van der Waals surface area contributed by atoms with Gasteiger partial charge in [-0.15, -0.1) is 22.7 Å². The molecular weight excluding hydrogens is 607 g/mol. The topological polar surface area (TPSA) is 4.93 Å². The van der Waals surface area contributed by atoms with Gasteiger partial charge in [-0.05, 0) is 75.7 Å². The second-order valence-corrected chi connectivity index (χ2v) is 14.1. The summed E-state index contributed by atoms with van der Waals surface area (Å²) in [6.45, 7) is 0. The van der Waals surface area contributed by atoms with Gasteiger partial charge >= 0.3 is 0 Å². The van der Waals surface area contributed by atoms with E-state index in [0.29, 0.717) is 0 Å². The first-order valence-electron chi connectivity index (χ1n) is 15.9. The molecule has 7 aromatic carbocycles. The van der Waals surface area contributed by atoms with Crippen LogP contribution in [0.1, 0.15) is 0 Å². The van der Waals surface area contributed by atoms with E-state index in [0.717, 1.165) is 0 Å². The highest BCUT2D eigenvalue weighted by atomic mass is 32.1. The van der Waals surface area contributed by atoms with Crippen LogP contribution in [-0.4, -0.2) is 4.57 Å². The van der Waals surface area contributed by atoms with Crippen LogP contribution in [0.2, 0.25) is 0 Å². The van der Waals surface area contributed by atoms with Gasteiger partial charge in [0.25, 0.3) is 0 Å². The number of nitrogens with zero attached hydrogens (tertiary/aromatic N) is 1. The molecule has 0 saturated heterocycles. The summed E-state index contributed by atoms with van der Waals surface area (Å²) in [7, 11) is 0. The van der Waals surface area contributed by atoms with Crippen LogP contribution in [0.15, 0.2) is 163 Å². The van der Waals surface area contributed by atoms with Crippen LogP contribution in [0, 0.1) is 0 Å². The third-order valence-corrected chi connectivity index (χ3v) is 11.6. The Labute approximate surface area is 280 Å². The van der Waals surface area contributed by atoms with Gasteiger partial charge in [0.2, 0.25) is 0 Å². The molecule has 1 nitrogen and oxygen atoms in total. The Morgan fingerprint density at radius 1 is 0.383 bits per heavy atom. The lowest BCUT2D eigenvalue weighted by Crippen LogP contribution is -1.95. The molecule has 0 unspecified atom stereocenters. The molecule has 3 heteroatoms. The largest absolute Gasteiger partial charge is 0.309 e. The zero-order valence-electron chi connectivity index (χ0n) is 25.4. The Morgan fingerprint density at radius 3 is 2.00 bits per heavy atom. The van der Waals surface area contributed by atoms with Gasteiger partial charge in [0.05, 0.1) is 16.7 Å². The molecule has 10 aromatic rings. The smallest absolute Gasteiger partial charge is 0.0555 e. The van der Waals surface area contributed by atoms with Crippen molar-refractivity contribution in [2.45, 2.75) is 0 Å². The van der Waals surface area contributed by atoms with Crippen LogP contribution in [0.3, 0.4) is 0 Å². The fourth-order valence-electron chi connectivity index (χ4n) is 7.36. The van der Waals surface area contributed by atoms with Gasteiger partial charge in [-0.3, -0.25) is 0 Å². The normalized spacial score (nSPS) is 11.8. The van der Waals surface area contributed by atoms with E-state index in [9.17, 15) is 0 Å². The van der Waals surface area contributed by atoms with Gasteiger partial charge in [0.15, 0.2) is 0 Å². The summed E-state index contributed by atoms with van der Waals surface area (Å²) in [5, 5.41) is 8.77. The minimum absolute atomic E-state index is 1.22. The molecule has 0 aliphatic carbocycles. The molecule has 10 rings (SSSR count). The van der Waals surface area contributed by atoms with Crippen molar-refractivity contribution in [1.82, 2.24) is 4.57 Å². The number of hydrogen-bond donors (Lipinski definition) is 0. The third-order valence-electron chi connectivity index (χ3n) is 9.50. The van der Waals surface area contributed by atoms with Gasteiger partial charge in [-0.1, -0.05) is 115 Å². The monoisotopic (exact) mass is 633 g/mol. The van der Waals surface area contributed by atoms with Gasteiger partial charge < -0.3 is 4.57 Å². The molecule has 3 heterocycles. The zero-order chi connectivity index (χ0) is 30.9. The molecular formula is C44H27NS2. The molecule has 220 valence electrons. The molecule has 0 radical (unpaired) electrons. The van der Waals surface area contributed by atoms with E-state index in [1.807, 2.05) is 22.7 Å². The Bertz CT molecular complexity index is 2800. The molecule has 0 fully saturated rings. The van der Waals surface area contributed by atoms with Crippen LogP contribution < -0.4 is 0 Å². The highest BCUT2D eigenvalue weighted by Crippen LogP contribution is 2.44. The van der Waals surface area contributed by atoms with Crippen molar-refractivity contribution < 1.29 is 0 Å². The molecule has 47 heavy (non-hydrogen) atoms. The van der Waals surface area contributed by atoms with E-state index < -0.39 is 0 Å². The van der Waals surface area contributed by atoms with Gasteiger partial charge in [-0.25, -0.2) is 0 Å². The fourth-order valence-corrected chi connectivity index (χ4v) is 9.44. The zero-order valence-corrected chi connectivity index (χ0v) is 27.0. The Hall–Kier alpha value is -5.48. The molecule has 0 bridgehead atoms. The summed E-state index contributed by atoms with van der Waals surface area (Å²) < 4.78 is 6.45. The standard InChI is InChI=1S/C44H27NS2/c1-2-11-28(12-3-1)29-21-23-33-36-25-30(31-13-4-5-14-32(31)37-27-46-41-18-8-6-15-34(37)41)22-24-38(36)45(40(33)26-29)39-17-10-20-43-44(39)35-16-7-9-19-42(35)47-43/h1-27H. The molecule has 0 aliphatic heterocycles. The third kappa shape index (κ3) is 4.14. The predicted molar refractivity (Wildman–Crippen MR) is 205 cm³/mol. The quantitative estimate of drug-likeness (QED) is 0.182. The first kappa shape index (κ1) is 26.7. The highest BCUT2D eigenvalue weighted by molar-refractivity contribution is 7.25. The predicted octanol–water partition coefficient (Wildman–Crippen LogP) is 13.4. The number of benzene rings is 7. The van der Waals surface area contributed by atoms with E-state index >= 15 is 0 Å². The molecule has 3 aromatic heterocycles. The van der Waals surface area contributed by atoms with E-state index in [1.165, 1.54) is 91.1 Å². The van der Waals surface area contributed by atoms with Crippen molar-refractivity contribution in [3.8, 4) is 39.1 Å². The first-order chi connectivity index (χ1) is 23.3. The van der Waals surface area contributed by atoms with Gasteiger partial charge in [-0.2, -0.15) is 0 Å². The van der Waals surface area contributed by atoms with Gasteiger partial charge in [0.1, 0.15) is 0 Å². The molecule has 0 spiro atoms. The molecule has 0 N–H and O–H groups in total. The minimum Gasteiger partial charge on any atom is -0.309 e. The van der Waals surface area contributed by atoms with Crippen molar-refractivity contribution >= 4 is 74.7 Å². The maximum absolute atomic E-state index is 2.50. The minimum atomic E-state index is 1.22. The van der Waals surface area contributed by atoms with Crippen molar-refractivity contribution in [3.05, 3.63) is 163 Å². The van der Waals surface area contributed by atoms with E-state index in [2.05, 4.69) is 168 Å². The van der Waals surface area contributed by atoms with Crippen LogP contribution in [-0.2, 0) is 0 Å². The van der Waals surface area contributed by atoms with E-state index in [-0.39, 0.29) is 0 Å². The highest BCUT2D eigenvalue weighted by Gasteiger charge is 2.19. The number of fused-ring (bicyclic) bond motifs is 7. The lowest BCUT2D eigenvalue weighted by molar-refractivity contribution is 1.20. The van der Waals surface area contributed by atoms with Crippen LogP contribution >= 0.6 is 22.7 Å². The summed E-state index contributed by atoms with van der Waals surface area (Å²) in [5.74, 6) is 0. The Morgan fingerprint density at radius 2 is 1.11 bits per heavy atom. The molecule has 0 atom stereocenters. The maximum Gasteiger partial charge on any atom is 0.0555 e. The van der Waals surface area contributed by atoms with E-state index in [4.69, 9.17) is 0 Å². The Kier molecular flexibility index (Phi) is 5.98. The van der Waals surface area contributed by atoms with Crippen LogP contribution in [0.25, 0.3) is 91.1 Å². The summed E-state index contributed by atoms with van der Waals surface area (Å²) >= 11 is 3.69. The number of thiophene rings is 2. The fraction of sp³-hybridized carbons (Fsp3) is 0. The summed E-state index contributed by atoms with van der Waals surface area (Å²) in [6, 6.07) is 57.9. The number of aromatic nitrogens is 1. The first-order valence-corrected chi connectivity index (χ1v) is 17.6. The van der Waals surface area contributed by atoms with Gasteiger partial charge in [0, 0.05) is 46.6 Å². The van der Waals surface area contributed by atoms with Crippen molar-refractivity contribution in [1.29, 1.82) is 0 Å². The average Bonchev–Trinajstić information content (AvgIpc) is 3.83. The SMILES string of the molecule is c1ccc(-c2ccc3c4cc(-c5ccccc5-c5csc6ccccc56)ccc4n(-c4cccc5sc6ccccc6c45)c3c2)cc1. The average molecular weight is 634 g/mol. The van der Waals surface area contributed by atoms with Crippen molar-refractivity contribution in [3.63, 3.8) is 0 Å². The lowest BCUT2D eigenvalue weighted by Gasteiger charge is -2.12. The van der Waals surface area contributed by atoms with Crippen molar-refractivity contribution in [2.75, 3.05) is 0 Å². The second-order valence-electron chi connectivity index (χ2n) is 12.1. The second kappa shape index (κ2) is 10.5. The summed E-state index contributed by atoms with van der Waals surface area (Å²) in [6.07, 6.45) is 0. The number of hydrogen-bond acceptors (Lipinski definition) is 2.